The van der Waals surface area contributed by atoms with Gasteiger partial charge in [0.1, 0.15) is 12.2 Å². The molecule has 1 fully saturated rings. The van der Waals surface area contributed by atoms with Crippen molar-refractivity contribution in [3.8, 4) is 11.1 Å². The summed E-state index contributed by atoms with van der Waals surface area (Å²) < 4.78 is 16.5. The average molecular weight is 495 g/mol. The molecule has 8 heteroatoms. The largest absolute Gasteiger partial charge is 0.471 e. The fraction of sp³-hybridized carbons (Fsp3) is 0.522. The Morgan fingerprint density at radius 3 is 2.39 bits per heavy atom. The highest BCUT2D eigenvalue weighted by Crippen LogP contribution is 2.53. The van der Waals surface area contributed by atoms with Crippen LogP contribution in [0.1, 0.15) is 49.8 Å². The lowest BCUT2D eigenvalue weighted by Crippen LogP contribution is -2.55. The van der Waals surface area contributed by atoms with E-state index in [-0.39, 0.29) is 19.6 Å². The van der Waals surface area contributed by atoms with Gasteiger partial charge in [-0.2, -0.15) is 0 Å². The lowest BCUT2D eigenvalue weighted by Gasteiger charge is -2.44. The first-order valence-corrected chi connectivity index (χ1v) is 11.1. The second kappa shape index (κ2) is 8.74. The average Bonchev–Trinajstić information content (AvgIpc) is 2.92. The highest BCUT2D eigenvalue weighted by atomic mass is 79.9. The molecule has 1 aliphatic heterocycles. The van der Waals surface area contributed by atoms with Gasteiger partial charge in [0.2, 0.25) is 0 Å². The third kappa shape index (κ3) is 3.91. The van der Waals surface area contributed by atoms with Crippen LogP contribution in [0.4, 0.5) is 0 Å². The number of carbonyl (C=O) groups is 3. The van der Waals surface area contributed by atoms with E-state index in [1.165, 1.54) is 13.2 Å². The summed E-state index contributed by atoms with van der Waals surface area (Å²) in [4.78, 5) is 39.2. The van der Waals surface area contributed by atoms with E-state index < -0.39 is 41.1 Å². The van der Waals surface area contributed by atoms with Gasteiger partial charge < -0.3 is 19.0 Å². The van der Waals surface area contributed by atoms with E-state index in [9.17, 15) is 19.5 Å². The van der Waals surface area contributed by atoms with Gasteiger partial charge >= 0.3 is 11.9 Å². The lowest BCUT2D eigenvalue weighted by molar-refractivity contribution is -0.172. The molecule has 1 saturated carbocycles. The van der Waals surface area contributed by atoms with E-state index in [2.05, 4.69) is 15.9 Å². The van der Waals surface area contributed by atoms with Gasteiger partial charge in [-0.05, 0) is 67.2 Å². The van der Waals surface area contributed by atoms with Gasteiger partial charge in [0.25, 0.3) is 0 Å². The van der Waals surface area contributed by atoms with Crippen molar-refractivity contribution in [2.24, 2.45) is 11.8 Å². The molecule has 3 aliphatic rings. The maximum Gasteiger partial charge on any atom is 0.317 e. The number of Topliss-reactive ketones (excluding diaryl/α,β-unsaturated/α-hetero) is 1. The van der Waals surface area contributed by atoms with Crippen molar-refractivity contribution >= 4 is 33.7 Å². The van der Waals surface area contributed by atoms with Gasteiger partial charge in [0.15, 0.2) is 5.78 Å². The number of aliphatic hydroxyl groups is 1. The highest BCUT2D eigenvalue weighted by Gasteiger charge is 2.58. The molecule has 2 aliphatic carbocycles. The Hall–Kier alpha value is -2.19. The molecule has 1 N–H and O–H groups in total. The lowest BCUT2D eigenvalue weighted by atomic mass is 9.61. The van der Waals surface area contributed by atoms with E-state index >= 15 is 0 Å². The summed E-state index contributed by atoms with van der Waals surface area (Å²) in [6.07, 6.45) is 2.75. The molecular formula is C23H27BrO7. The summed E-state index contributed by atoms with van der Waals surface area (Å²) >= 11 is 3.51. The van der Waals surface area contributed by atoms with Crippen molar-refractivity contribution in [2.45, 2.75) is 52.6 Å². The van der Waals surface area contributed by atoms with Crippen molar-refractivity contribution < 1.29 is 33.4 Å². The van der Waals surface area contributed by atoms with E-state index in [0.717, 1.165) is 22.3 Å². The normalized spacial score (nSPS) is 26.2. The zero-order chi connectivity index (χ0) is 23.1. The second-order valence-corrected chi connectivity index (χ2v) is 9.01. The molecular weight excluding hydrogens is 468 g/mol. The molecule has 3 rings (SSSR count). The summed E-state index contributed by atoms with van der Waals surface area (Å²) in [5.74, 6) is -5.14. The molecule has 4 unspecified atom stereocenters. The van der Waals surface area contributed by atoms with E-state index in [4.69, 9.17) is 13.9 Å². The molecule has 7 nitrogen and oxygen atoms in total. The smallest absolute Gasteiger partial charge is 0.317 e. The maximum atomic E-state index is 13.1. The number of rotatable bonds is 5. The fourth-order valence-electron chi connectivity index (χ4n) is 4.79. The molecule has 0 aromatic carbocycles. The van der Waals surface area contributed by atoms with Crippen LogP contribution in [-0.4, -0.2) is 41.6 Å². The Morgan fingerprint density at radius 1 is 1.16 bits per heavy atom. The predicted molar refractivity (Wildman–Crippen MR) is 116 cm³/mol. The van der Waals surface area contributed by atoms with Crippen molar-refractivity contribution in [2.75, 3.05) is 13.2 Å². The van der Waals surface area contributed by atoms with Crippen LogP contribution >= 0.6 is 15.9 Å². The Morgan fingerprint density at radius 2 is 1.77 bits per heavy atom. The number of hydrogen-bond donors (Lipinski definition) is 1. The van der Waals surface area contributed by atoms with Crippen LogP contribution in [0.2, 0.25) is 0 Å². The van der Waals surface area contributed by atoms with Crippen LogP contribution in [0.25, 0.3) is 11.1 Å². The van der Waals surface area contributed by atoms with E-state index in [1.807, 2.05) is 13.8 Å². The molecule has 0 bridgehead atoms. The number of ether oxygens (including phenoxy) is 2. The molecule has 0 amide bonds. The molecule has 4 atom stereocenters. The fourth-order valence-corrected chi connectivity index (χ4v) is 5.33. The van der Waals surface area contributed by atoms with E-state index in [1.54, 1.807) is 20.1 Å². The summed E-state index contributed by atoms with van der Waals surface area (Å²) in [6.45, 7) is 8.75. The minimum atomic E-state index is -1.69. The van der Waals surface area contributed by atoms with E-state index in [0.29, 0.717) is 10.0 Å². The number of carbonyl (C=O) groups excluding carboxylic acids is 3. The molecule has 0 saturated heterocycles. The molecule has 0 radical (unpaired) electrons. The SMILES string of the molecule is CCOC(=O)C1C(=O)CC(C)(O)C(C(=O)OCC)C1c1c(C)c(C)c2cocc(Br)c1-2. The molecule has 0 spiro atoms. The predicted octanol–water partition coefficient (Wildman–Crippen LogP) is 3.93. The Bertz CT molecular complexity index is 990. The summed E-state index contributed by atoms with van der Waals surface area (Å²) in [5, 5.41) is 11.2. The van der Waals surface area contributed by atoms with Crippen LogP contribution in [0.3, 0.4) is 0 Å². The zero-order valence-corrected chi connectivity index (χ0v) is 19.9. The van der Waals surface area contributed by atoms with Crippen LogP contribution in [0, 0.1) is 25.7 Å². The zero-order valence-electron chi connectivity index (χ0n) is 18.3. The number of fused-ring (bicyclic) bond motifs is 1. The number of ketones is 1. The first-order valence-electron chi connectivity index (χ1n) is 10.3. The molecule has 31 heavy (non-hydrogen) atoms. The van der Waals surface area contributed by atoms with Crippen molar-refractivity contribution in [3.05, 3.63) is 33.7 Å². The van der Waals surface area contributed by atoms with Gasteiger partial charge in [-0.3, -0.25) is 14.4 Å². The first kappa shape index (κ1) is 23.5. The summed E-state index contributed by atoms with van der Waals surface area (Å²) in [5.41, 5.74) is 2.20. The van der Waals surface area contributed by atoms with Crippen molar-refractivity contribution in [3.63, 3.8) is 0 Å². The van der Waals surface area contributed by atoms with Gasteiger partial charge in [0.05, 0.1) is 35.5 Å². The van der Waals surface area contributed by atoms with Gasteiger partial charge in [-0.25, -0.2) is 0 Å². The van der Waals surface area contributed by atoms with Gasteiger partial charge in [0, 0.05) is 23.5 Å². The Balaban J connectivity index is 2.34. The molecule has 1 heterocycles. The van der Waals surface area contributed by atoms with Gasteiger partial charge in [-0.1, -0.05) is 0 Å². The topological polar surface area (TPSA) is 103 Å². The van der Waals surface area contributed by atoms with Crippen LogP contribution in [0.5, 0.6) is 0 Å². The molecule has 168 valence electrons. The minimum absolute atomic E-state index is 0.0954. The summed E-state index contributed by atoms with van der Waals surface area (Å²) in [7, 11) is 0. The molecule has 0 aromatic rings. The third-order valence-electron chi connectivity index (χ3n) is 6.19. The van der Waals surface area contributed by atoms with Crippen LogP contribution < -0.4 is 0 Å². The minimum Gasteiger partial charge on any atom is -0.471 e. The second-order valence-electron chi connectivity index (χ2n) is 8.16. The van der Waals surface area contributed by atoms with Crippen molar-refractivity contribution in [1.29, 1.82) is 0 Å². The number of hydrogen-bond acceptors (Lipinski definition) is 7. The molecule has 0 aromatic heterocycles. The number of halogens is 1. The van der Waals surface area contributed by atoms with Crippen molar-refractivity contribution in [1.82, 2.24) is 0 Å². The Kier molecular flexibility index (Phi) is 6.62. The van der Waals surface area contributed by atoms with Gasteiger partial charge in [-0.15, -0.1) is 0 Å². The first-order chi connectivity index (χ1) is 14.6. The quantitative estimate of drug-likeness (QED) is 0.495. The van der Waals surface area contributed by atoms with Crippen LogP contribution in [0.15, 0.2) is 21.4 Å². The maximum absolute atomic E-state index is 13.1. The highest BCUT2D eigenvalue weighted by molar-refractivity contribution is 9.10. The Labute approximate surface area is 189 Å². The number of esters is 2. The van der Waals surface area contributed by atoms with Crippen LogP contribution in [-0.2, 0) is 23.9 Å². The standard InChI is InChI=1S/C23H27BrO7/c1-6-30-21(26)18-15(25)8-23(5,28)20(22(27)31-7-2)19(18)16-12(4)11(3)13-9-29-10-14(24)17(13)16/h9-10,18-20,28H,6-8H2,1-5H3. The summed E-state index contributed by atoms with van der Waals surface area (Å²) in [6, 6.07) is 0. The monoisotopic (exact) mass is 494 g/mol. The third-order valence-corrected chi connectivity index (χ3v) is 6.77.